The van der Waals surface area contributed by atoms with Crippen LogP contribution in [0.4, 0.5) is 0 Å². The molecule has 4 nitrogen and oxygen atoms in total. The molecule has 32 heavy (non-hydrogen) atoms. The zero-order valence-corrected chi connectivity index (χ0v) is 18.5. The molecular formula is C28H31NO3. The summed E-state index contributed by atoms with van der Waals surface area (Å²) in [6.07, 6.45) is 3.41. The van der Waals surface area contributed by atoms with E-state index in [9.17, 15) is 5.11 Å². The van der Waals surface area contributed by atoms with Crippen LogP contribution in [-0.4, -0.2) is 41.3 Å². The van der Waals surface area contributed by atoms with Gasteiger partial charge in [0.25, 0.3) is 0 Å². The minimum atomic E-state index is -0.595. The predicted molar refractivity (Wildman–Crippen MR) is 126 cm³/mol. The molecule has 2 aliphatic rings. The van der Waals surface area contributed by atoms with Gasteiger partial charge >= 0.3 is 0 Å². The van der Waals surface area contributed by atoms with Gasteiger partial charge < -0.3 is 14.6 Å². The molecule has 3 aromatic rings. The van der Waals surface area contributed by atoms with Crippen LogP contribution in [0.15, 0.2) is 78.9 Å². The van der Waals surface area contributed by atoms with Crippen molar-refractivity contribution in [3.05, 3.63) is 95.6 Å². The number of ether oxygens (including phenoxy) is 2. The lowest BCUT2D eigenvalue weighted by Gasteiger charge is -2.39. The minimum absolute atomic E-state index is 0.162. The summed E-state index contributed by atoms with van der Waals surface area (Å²) in [5.41, 5.74) is 3.00. The molecule has 0 radical (unpaired) electrons. The van der Waals surface area contributed by atoms with Crippen LogP contribution < -0.4 is 9.47 Å². The lowest BCUT2D eigenvalue weighted by atomic mass is 9.85. The fourth-order valence-electron chi connectivity index (χ4n) is 4.82. The molecule has 1 atom stereocenters. The maximum Gasteiger partial charge on any atom is 0.123 e. The average molecular weight is 430 g/mol. The van der Waals surface area contributed by atoms with Gasteiger partial charge in [-0.1, -0.05) is 60.7 Å². The Bertz CT molecular complexity index is 1010. The van der Waals surface area contributed by atoms with Crippen LogP contribution in [0.5, 0.6) is 11.5 Å². The second-order valence-corrected chi connectivity index (χ2v) is 9.18. The summed E-state index contributed by atoms with van der Waals surface area (Å²) in [6, 6.07) is 26.7. The van der Waals surface area contributed by atoms with Crippen LogP contribution in [0.3, 0.4) is 0 Å². The number of likely N-dealkylation sites (tertiary alicyclic amines) is 1. The van der Waals surface area contributed by atoms with E-state index in [4.69, 9.17) is 9.47 Å². The number of aliphatic hydroxyl groups is 1. The van der Waals surface area contributed by atoms with Crippen LogP contribution in [0.25, 0.3) is 0 Å². The second kappa shape index (κ2) is 9.35. The molecule has 1 unspecified atom stereocenters. The molecule has 0 spiro atoms. The summed E-state index contributed by atoms with van der Waals surface area (Å²) >= 11 is 0. The highest BCUT2D eigenvalue weighted by atomic mass is 16.5. The molecule has 1 fully saturated rings. The third-order valence-electron chi connectivity index (χ3n) is 6.65. The van der Waals surface area contributed by atoms with E-state index in [1.54, 1.807) is 0 Å². The van der Waals surface area contributed by atoms with Crippen molar-refractivity contribution in [2.24, 2.45) is 0 Å². The van der Waals surface area contributed by atoms with E-state index < -0.39 is 5.60 Å². The Balaban J connectivity index is 1.11. The number of benzene rings is 3. The van der Waals surface area contributed by atoms with E-state index in [0.29, 0.717) is 6.61 Å². The van der Waals surface area contributed by atoms with Gasteiger partial charge in [0.2, 0.25) is 0 Å². The van der Waals surface area contributed by atoms with Gasteiger partial charge in [0.05, 0.1) is 5.60 Å². The molecule has 5 rings (SSSR count). The molecular weight excluding hydrogens is 398 g/mol. The fraction of sp³-hybridized carbons (Fsp3) is 0.357. The van der Waals surface area contributed by atoms with Crippen molar-refractivity contribution < 1.29 is 14.6 Å². The molecule has 3 aromatic carbocycles. The monoisotopic (exact) mass is 429 g/mol. The first-order chi connectivity index (χ1) is 15.7. The molecule has 1 saturated heterocycles. The summed E-state index contributed by atoms with van der Waals surface area (Å²) in [6.45, 7) is 3.29. The Kier molecular flexibility index (Phi) is 6.15. The van der Waals surface area contributed by atoms with E-state index in [1.165, 1.54) is 16.7 Å². The molecule has 4 heteroatoms. The maximum atomic E-state index is 11.0. The second-order valence-electron chi connectivity index (χ2n) is 9.18. The lowest BCUT2D eigenvalue weighted by molar-refractivity contribution is -0.0264. The molecule has 2 heterocycles. The van der Waals surface area contributed by atoms with Gasteiger partial charge in [0.1, 0.15) is 24.2 Å². The summed E-state index contributed by atoms with van der Waals surface area (Å²) in [4.78, 5) is 2.43. The summed E-state index contributed by atoms with van der Waals surface area (Å²) in [7, 11) is 0. The number of fused-ring (bicyclic) bond motifs is 1. The van der Waals surface area contributed by atoms with Gasteiger partial charge in [0.15, 0.2) is 0 Å². The van der Waals surface area contributed by atoms with Gasteiger partial charge in [0, 0.05) is 38.0 Å². The largest absolute Gasteiger partial charge is 0.489 e. The minimum Gasteiger partial charge on any atom is -0.489 e. The first-order valence-electron chi connectivity index (χ1n) is 11.6. The normalized spacial score (nSPS) is 19.8. The van der Waals surface area contributed by atoms with Crippen molar-refractivity contribution in [2.75, 3.05) is 19.6 Å². The molecule has 166 valence electrons. The molecule has 0 bridgehead atoms. The Labute approximate surface area is 190 Å². The van der Waals surface area contributed by atoms with Gasteiger partial charge in [-0.25, -0.2) is 0 Å². The van der Waals surface area contributed by atoms with Crippen molar-refractivity contribution in [1.82, 2.24) is 4.90 Å². The Hall–Kier alpha value is -2.82. The highest BCUT2D eigenvalue weighted by Crippen LogP contribution is 2.33. The topological polar surface area (TPSA) is 41.9 Å². The number of nitrogens with zero attached hydrogens (tertiary/aromatic N) is 1. The van der Waals surface area contributed by atoms with Gasteiger partial charge in [-0.15, -0.1) is 0 Å². The molecule has 0 aliphatic carbocycles. The number of rotatable bonds is 7. The van der Waals surface area contributed by atoms with Crippen LogP contribution in [0.1, 0.15) is 29.5 Å². The summed E-state index contributed by atoms with van der Waals surface area (Å²) in [5.74, 6) is 1.86. The van der Waals surface area contributed by atoms with Crippen molar-refractivity contribution >= 4 is 0 Å². The molecule has 2 aliphatic heterocycles. The fourth-order valence-corrected chi connectivity index (χ4v) is 4.82. The molecule has 0 amide bonds. The molecule has 0 aromatic heterocycles. The predicted octanol–water partition coefficient (Wildman–Crippen LogP) is 4.64. The summed E-state index contributed by atoms with van der Waals surface area (Å²) in [5, 5.41) is 11.0. The van der Waals surface area contributed by atoms with Crippen molar-refractivity contribution in [2.45, 2.75) is 44.0 Å². The zero-order chi connectivity index (χ0) is 21.8. The average Bonchev–Trinajstić information content (AvgIpc) is 3.22. The van der Waals surface area contributed by atoms with Gasteiger partial charge in [-0.05, 0) is 42.2 Å². The van der Waals surface area contributed by atoms with Crippen LogP contribution in [0.2, 0.25) is 0 Å². The highest BCUT2D eigenvalue weighted by molar-refractivity contribution is 5.43. The molecule has 0 saturated carbocycles. The quantitative estimate of drug-likeness (QED) is 0.594. The highest BCUT2D eigenvalue weighted by Gasteiger charge is 2.34. The number of piperidine rings is 1. The van der Waals surface area contributed by atoms with Crippen LogP contribution >= 0.6 is 0 Å². The SMILES string of the molecule is OC1(Cc2ccccc2)CCN(CC2Cc3cc(OCc4ccccc4)ccc3O2)CC1. The Morgan fingerprint density at radius 3 is 2.31 bits per heavy atom. The first kappa shape index (κ1) is 21.0. The lowest BCUT2D eigenvalue weighted by Crippen LogP contribution is -2.48. The number of hydrogen-bond acceptors (Lipinski definition) is 4. The van der Waals surface area contributed by atoms with E-state index in [2.05, 4.69) is 35.2 Å². The van der Waals surface area contributed by atoms with Crippen molar-refractivity contribution in [3.63, 3.8) is 0 Å². The van der Waals surface area contributed by atoms with Crippen molar-refractivity contribution in [1.29, 1.82) is 0 Å². The third-order valence-corrected chi connectivity index (χ3v) is 6.65. The Morgan fingerprint density at radius 1 is 0.906 bits per heavy atom. The number of hydrogen-bond donors (Lipinski definition) is 1. The van der Waals surface area contributed by atoms with E-state index in [-0.39, 0.29) is 6.10 Å². The zero-order valence-electron chi connectivity index (χ0n) is 18.5. The first-order valence-corrected chi connectivity index (χ1v) is 11.6. The third kappa shape index (κ3) is 5.14. The van der Waals surface area contributed by atoms with E-state index >= 15 is 0 Å². The van der Waals surface area contributed by atoms with E-state index in [1.807, 2.05) is 48.5 Å². The van der Waals surface area contributed by atoms with Crippen molar-refractivity contribution in [3.8, 4) is 11.5 Å². The van der Waals surface area contributed by atoms with E-state index in [0.717, 1.165) is 56.8 Å². The molecule has 1 N–H and O–H groups in total. The van der Waals surface area contributed by atoms with Gasteiger partial charge in [-0.3, -0.25) is 4.90 Å². The smallest absolute Gasteiger partial charge is 0.123 e. The standard InChI is InChI=1S/C28H31NO3/c30-28(19-22-7-3-1-4-8-22)13-15-29(16-14-28)20-26-18-24-17-25(11-12-27(24)32-26)31-21-23-9-5-2-6-10-23/h1-12,17,26,30H,13-16,18-21H2. The maximum absolute atomic E-state index is 11.0. The summed E-state index contributed by atoms with van der Waals surface area (Å²) < 4.78 is 12.2. The Morgan fingerprint density at radius 2 is 1.59 bits per heavy atom. The van der Waals surface area contributed by atoms with Crippen LogP contribution in [-0.2, 0) is 19.4 Å². The van der Waals surface area contributed by atoms with Gasteiger partial charge in [-0.2, -0.15) is 0 Å². The van der Waals surface area contributed by atoms with Crippen LogP contribution in [0, 0.1) is 0 Å².